The van der Waals surface area contributed by atoms with E-state index in [0.29, 0.717) is 5.56 Å². The number of amides is 1. The van der Waals surface area contributed by atoms with Crippen LogP contribution in [0.1, 0.15) is 17.0 Å². The molecule has 3 rings (SSSR count). The molecule has 0 unspecified atom stereocenters. The quantitative estimate of drug-likeness (QED) is 0.925. The summed E-state index contributed by atoms with van der Waals surface area (Å²) in [6, 6.07) is 15.0. The van der Waals surface area contributed by atoms with Crippen molar-refractivity contribution in [3.63, 3.8) is 0 Å². The maximum Gasteiger partial charge on any atom is 0.410 e. The molecule has 0 saturated carbocycles. The molecule has 1 heterocycles. The van der Waals surface area contributed by atoms with Crippen LogP contribution in [0.25, 0.3) is 0 Å². The van der Waals surface area contributed by atoms with E-state index in [2.05, 4.69) is 0 Å². The molecule has 0 aromatic heterocycles. The van der Waals surface area contributed by atoms with Crippen LogP contribution in [0.5, 0.6) is 0 Å². The zero-order chi connectivity index (χ0) is 17.8. The van der Waals surface area contributed by atoms with E-state index < -0.39 is 18.0 Å². The zero-order valence-corrected chi connectivity index (χ0v) is 13.5. The summed E-state index contributed by atoms with van der Waals surface area (Å²) in [5.41, 5.74) is 1.56. The first-order valence-electron chi connectivity index (χ1n) is 7.98. The molecule has 1 N–H and O–H groups in total. The summed E-state index contributed by atoms with van der Waals surface area (Å²) >= 11 is 0. The highest BCUT2D eigenvalue weighted by atomic mass is 19.1. The van der Waals surface area contributed by atoms with Crippen LogP contribution in [0, 0.1) is 11.7 Å². The Labute approximate surface area is 144 Å². The van der Waals surface area contributed by atoms with Crippen molar-refractivity contribution in [2.75, 3.05) is 13.1 Å². The smallest absolute Gasteiger partial charge is 0.410 e. The molecule has 5 nitrogen and oxygen atoms in total. The van der Waals surface area contributed by atoms with Gasteiger partial charge in [-0.15, -0.1) is 0 Å². The van der Waals surface area contributed by atoms with Gasteiger partial charge in [0.1, 0.15) is 12.4 Å². The number of hydrogen-bond donors (Lipinski definition) is 1. The zero-order valence-electron chi connectivity index (χ0n) is 13.5. The molecule has 0 spiro atoms. The van der Waals surface area contributed by atoms with Crippen molar-refractivity contribution >= 4 is 12.1 Å². The number of likely N-dealkylation sites (tertiary alicyclic amines) is 1. The number of halogens is 1. The van der Waals surface area contributed by atoms with Crippen LogP contribution in [-0.2, 0) is 16.1 Å². The number of carbonyl (C=O) groups excluding carboxylic acids is 1. The normalized spacial score (nSPS) is 19.6. The molecule has 1 saturated heterocycles. The van der Waals surface area contributed by atoms with Gasteiger partial charge in [-0.05, 0) is 23.3 Å². The Morgan fingerprint density at radius 2 is 1.76 bits per heavy atom. The predicted molar refractivity (Wildman–Crippen MR) is 88.5 cm³/mol. The van der Waals surface area contributed by atoms with Gasteiger partial charge in [0.25, 0.3) is 0 Å². The molecule has 2 atom stereocenters. The summed E-state index contributed by atoms with van der Waals surface area (Å²) in [6.45, 7) is 0.441. The second-order valence-electron chi connectivity index (χ2n) is 6.05. The van der Waals surface area contributed by atoms with Gasteiger partial charge in [-0.2, -0.15) is 0 Å². The Hall–Kier alpha value is -2.89. The van der Waals surface area contributed by atoms with Gasteiger partial charge in [-0.1, -0.05) is 42.5 Å². The van der Waals surface area contributed by atoms with E-state index in [1.165, 1.54) is 17.0 Å². The van der Waals surface area contributed by atoms with Crippen LogP contribution < -0.4 is 0 Å². The first kappa shape index (κ1) is 17.0. The monoisotopic (exact) mass is 343 g/mol. The molecule has 6 heteroatoms. The number of ether oxygens (including phenoxy) is 1. The Morgan fingerprint density at radius 3 is 2.40 bits per heavy atom. The third kappa shape index (κ3) is 3.96. The molecule has 0 radical (unpaired) electrons. The van der Waals surface area contributed by atoms with Gasteiger partial charge in [0.05, 0.1) is 5.92 Å². The van der Waals surface area contributed by atoms with E-state index in [-0.39, 0.29) is 31.4 Å². The Bertz CT molecular complexity index is 748. The van der Waals surface area contributed by atoms with E-state index in [4.69, 9.17) is 4.74 Å². The summed E-state index contributed by atoms with van der Waals surface area (Å²) < 4.78 is 18.4. The van der Waals surface area contributed by atoms with Gasteiger partial charge in [-0.3, -0.25) is 4.79 Å². The largest absolute Gasteiger partial charge is 0.481 e. The van der Waals surface area contributed by atoms with Crippen LogP contribution in [0.15, 0.2) is 54.6 Å². The maximum absolute atomic E-state index is 13.1. The number of carbonyl (C=O) groups is 2. The molecule has 0 bridgehead atoms. The minimum Gasteiger partial charge on any atom is -0.481 e. The third-order valence-electron chi connectivity index (χ3n) is 4.40. The second-order valence-corrected chi connectivity index (χ2v) is 6.05. The van der Waals surface area contributed by atoms with Gasteiger partial charge < -0.3 is 14.7 Å². The molecular formula is C19H18FNO4. The molecular weight excluding hydrogens is 325 g/mol. The number of hydrogen-bond acceptors (Lipinski definition) is 3. The van der Waals surface area contributed by atoms with Crippen molar-refractivity contribution in [2.45, 2.75) is 12.5 Å². The summed E-state index contributed by atoms with van der Waals surface area (Å²) in [5, 5.41) is 9.45. The lowest BCUT2D eigenvalue weighted by molar-refractivity contribution is -0.141. The topological polar surface area (TPSA) is 66.8 Å². The summed E-state index contributed by atoms with van der Waals surface area (Å²) in [7, 11) is 0. The van der Waals surface area contributed by atoms with E-state index in [1.54, 1.807) is 12.1 Å². The van der Waals surface area contributed by atoms with Crippen molar-refractivity contribution in [3.8, 4) is 0 Å². The summed E-state index contributed by atoms with van der Waals surface area (Å²) in [5.74, 6) is -2.49. The first-order chi connectivity index (χ1) is 12.0. The molecule has 2 aromatic rings. The lowest BCUT2D eigenvalue weighted by Gasteiger charge is -2.16. The third-order valence-corrected chi connectivity index (χ3v) is 4.40. The first-order valence-corrected chi connectivity index (χ1v) is 7.98. The van der Waals surface area contributed by atoms with Crippen molar-refractivity contribution in [3.05, 3.63) is 71.5 Å². The predicted octanol–water partition coefficient (Wildman–Crippen LogP) is 3.26. The minimum atomic E-state index is -0.979. The lowest BCUT2D eigenvalue weighted by Crippen LogP contribution is -2.30. The maximum atomic E-state index is 13.1. The van der Waals surface area contributed by atoms with E-state index in [0.717, 1.165) is 5.56 Å². The molecule has 1 fully saturated rings. The van der Waals surface area contributed by atoms with Crippen LogP contribution in [0.4, 0.5) is 9.18 Å². The number of nitrogens with zero attached hydrogens (tertiary/aromatic N) is 1. The van der Waals surface area contributed by atoms with Crippen LogP contribution in [-0.4, -0.2) is 35.2 Å². The number of carboxylic acids is 1. The van der Waals surface area contributed by atoms with Crippen LogP contribution in [0.3, 0.4) is 0 Å². The second kappa shape index (κ2) is 7.34. The van der Waals surface area contributed by atoms with E-state index in [9.17, 15) is 19.1 Å². The van der Waals surface area contributed by atoms with Crippen LogP contribution in [0.2, 0.25) is 0 Å². The minimum absolute atomic E-state index is 0.0744. The fourth-order valence-electron chi connectivity index (χ4n) is 3.06. The number of rotatable bonds is 4. The summed E-state index contributed by atoms with van der Waals surface area (Å²) in [4.78, 5) is 25.2. The van der Waals surface area contributed by atoms with Gasteiger partial charge in [0.2, 0.25) is 0 Å². The lowest BCUT2D eigenvalue weighted by atomic mass is 9.89. The van der Waals surface area contributed by atoms with Crippen molar-refractivity contribution < 1.29 is 23.8 Å². The van der Waals surface area contributed by atoms with Crippen LogP contribution >= 0.6 is 0 Å². The molecule has 0 aliphatic carbocycles. The van der Waals surface area contributed by atoms with Gasteiger partial charge in [0.15, 0.2) is 0 Å². The molecule has 25 heavy (non-hydrogen) atoms. The average Bonchev–Trinajstić information content (AvgIpc) is 3.07. The van der Waals surface area contributed by atoms with Gasteiger partial charge in [-0.25, -0.2) is 9.18 Å². The highest BCUT2D eigenvalue weighted by Crippen LogP contribution is 2.33. The number of carboxylic acid groups (broad SMARTS) is 1. The Morgan fingerprint density at radius 1 is 1.08 bits per heavy atom. The van der Waals surface area contributed by atoms with Crippen molar-refractivity contribution in [1.82, 2.24) is 4.90 Å². The average molecular weight is 343 g/mol. The summed E-state index contributed by atoms with van der Waals surface area (Å²) in [6.07, 6.45) is -0.542. The van der Waals surface area contributed by atoms with Gasteiger partial charge >= 0.3 is 12.1 Å². The molecule has 130 valence electrons. The molecule has 2 aromatic carbocycles. The Balaban J connectivity index is 1.68. The van der Waals surface area contributed by atoms with E-state index >= 15 is 0 Å². The van der Waals surface area contributed by atoms with E-state index in [1.807, 2.05) is 30.3 Å². The van der Waals surface area contributed by atoms with Crippen molar-refractivity contribution in [1.29, 1.82) is 0 Å². The number of benzene rings is 2. The molecule has 1 aliphatic rings. The fourth-order valence-corrected chi connectivity index (χ4v) is 3.06. The van der Waals surface area contributed by atoms with Crippen molar-refractivity contribution in [2.24, 2.45) is 5.92 Å². The SMILES string of the molecule is O=C(O)[C@H]1CN(C(=O)OCc2ccccc2)C[C@H]1c1ccc(F)cc1. The molecule has 1 amide bonds. The standard InChI is InChI=1S/C19H18FNO4/c20-15-8-6-14(7-9-15)16-10-21(11-17(16)18(22)23)19(24)25-12-13-4-2-1-3-5-13/h1-9,16-17H,10-12H2,(H,22,23)/t16-,17-/m0/s1. The van der Waals surface area contributed by atoms with Gasteiger partial charge in [0, 0.05) is 19.0 Å². The molecule has 1 aliphatic heterocycles. The highest BCUT2D eigenvalue weighted by Gasteiger charge is 2.41. The number of aliphatic carboxylic acids is 1. The fraction of sp³-hybridized carbons (Fsp3) is 0.263. The Kier molecular flexibility index (Phi) is 4.97. The highest BCUT2D eigenvalue weighted by molar-refractivity contribution is 5.75.